The maximum absolute atomic E-state index is 12.5. The van der Waals surface area contributed by atoms with Gasteiger partial charge in [-0.15, -0.1) is 0 Å². The van der Waals surface area contributed by atoms with Crippen LogP contribution in [0.15, 0.2) is 76.7 Å². The Kier molecular flexibility index (Phi) is 4.03. The van der Waals surface area contributed by atoms with Gasteiger partial charge in [0.25, 0.3) is 5.56 Å². The molecular formula is C19H15N5O2. The quantitative estimate of drug-likeness (QED) is 0.610. The second-order valence-corrected chi connectivity index (χ2v) is 5.71. The molecule has 0 aliphatic heterocycles. The van der Waals surface area contributed by atoms with Crippen LogP contribution in [0.1, 0.15) is 5.56 Å². The van der Waals surface area contributed by atoms with Gasteiger partial charge in [-0.2, -0.15) is 0 Å². The summed E-state index contributed by atoms with van der Waals surface area (Å²) in [6.45, 7) is 0.455. The Bertz CT molecular complexity index is 1090. The molecule has 0 aliphatic rings. The van der Waals surface area contributed by atoms with Crippen LogP contribution in [-0.4, -0.2) is 19.5 Å². The Labute approximate surface area is 148 Å². The second kappa shape index (κ2) is 6.64. The minimum atomic E-state index is -0.131. The van der Waals surface area contributed by atoms with Crippen molar-refractivity contribution >= 4 is 5.95 Å². The van der Waals surface area contributed by atoms with Gasteiger partial charge in [-0.1, -0.05) is 6.07 Å². The first-order chi connectivity index (χ1) is 12.7. The number of nitrogens with zero attached hydrogens (tertiary/aromatic N) is 4. The molecule has 0 atom stereocenters. The van der Waals surface area contributed by atoms with Crippen molar-refractivity contribution < 1.29 is 4.42 Å². The molecule has 0 amide bonds. The molecule has 0 unspecified atom stereocenters. The number of pyridine rings is 2. The highest BCUT2D eigenvalue weighted by molar-refractivity contribution is 5.78. The number of rotatable bonds is 4. The van der Waals surface area contributed by atoms with Gasteiger partial charge in [0.1, 0.15) is 5.69 Å². The molecule has 0 radical (unpaired) electrons. The maximum atomic E-state index is 12.5. The fourth-order valence-electron chi connectivity index (χ4n) is 2.70. The van der Waals surface area contributed by atoms with Crippen LogP contribution in [-0.2, 0) is 6.54 Å². The van der Waals surface area contributed by atoms with Crippen molar-refractivity contribution in [2.75, 3.05) is 5.73 Å². The van der Waals surface area contributed by atoms with Crippen molar-refractivity contribution in [1.29, 1.82) is 0 Å². The summed E-state index contributed by atoms with van der Waals surface area (Å²) in [7, 11) is 0. The Hall–Kier alpha value is -3.74. The highest BCUT2D eigenvalue weighted by Gasteiger charge is 2.14. The van der Waals surface area contributed by atoms with Crippen LogP contribution in [0.5, 0.6) is 0 Å². The van der Waals surface area contributed by atoms with E-state index in [1.807, 2.05) is 18.2 Å². The largest absolute Gasteiger partial charge is 0.463 e. The highest BCUT2D eigenvalue weighted by Crippen LogP contribution is 2.29. The van der Waals surface area contributed by atoms with Crippen LogP contribution >= 0.6 is 0 Å². The predicted molar refractivity (Wildman–Crippen MR) is 97.2 cm³/mol. The summed E-state index contributed by atoms with van der Waals surface area (Å²) >= 11 is 0. The molecule has 7 heteroatoms. The number of anilines is 1. The molecule has 4 heterocycles. The molecule has 128 valence electrons. The van der Waals surface area contributed by atoms with Crippen LogP contribution in [0, 0.1) is 0 Å². The number of hydrogen-bond acceptors (Lipinski definition) is 6. The Balaban J connectivity index is 1.74. The maximum Gasteiger partial charge on any atom is 0.251 e. The number of aromatic nitrogens is 4. The average Bonchev–Trinajstić information content (AvgIpc) is 3.19. The molecule has 0 bridgehead atoms. The Morgan fingerprint density at radius 1 is 1.15 bits per heavy atom. The minimum absolute atomic E-state index is 0.131. The topological polar surface area (TPSA) is 99.8 Å². The van der Waals surface area contributed by atoms with Crippen molar-refractivity contribution in [3.8, 4) is 22.6 Å². The number of furan rings is 1. The van der Waals surface area contributed by atoms with Crippen LogP contribution in [0.3, 0.4) is 0 Å². The number of hydrogen-bond donors (Lipinski definition) is 1. The van der Waals surface area contributed by atoms with Gasteiger partial charge in [-0.3, -0.25) is 9.78 Å². The summed E-state index contributed by atoms with van der Waals surface area (Å²) in [6.07, 6.45) is 8.34. The van der Waals surface area contributed by atoms with E-state index in [2.05, 4.69) is 15.0 Å². The van der Waals surface area contributed by atoms with Crippen LogP contribution < -0.4 is 11.3 Å². The monoisotopic (exact) mass is 345 g/mol. The van der Waals surface area contributed by atoms with E-state index in [0.717, 1.165) is 5.56 Å². The molecule has 0 spiro atoms. The molecular weight excluding hydrogens is 330 g/mol. The summed E-state index contributed by atoms with van der Waals surface area (Å²) < 4.78 is 7.05. The summed E-state index contributed by atoms with van der Waals surface area (Å²) in [6, 6.07) is 10.7. The van der Waals surface area contributed by atoms with E-state index in [1.54, 1.807) is 53.8 Å². The van der Waals surface area contributed by atoms with Crippen LogP contribution in [0.25, 0.3) is 22.6 Å². The fourth-order valence-corrected chi connectivity index (χ4v) is 2.70. The molecule has 0 aromatic carbocycles. The van der Waals surface area contributed by atoms with E-state index < -0.39 is 0 Å². The third kappa shape index (κ3) is 3.10. The summed E-state index contributed by atoms with van der Waals surface area (Å²) in [5, 5.41) is 0. The van der Waals surface area contributed by atoms with E-state index in [-0.39, 0.29) is 11.5 Å². The van der Waals surface area contributed by atoms with E-state index in [1.165, 1.54) is 0 Å². The zero-order valence-electron chi connectivity index (χ0n) is 13.7. The SMILES string of the molecule is Nc1ncc(-c2ccn(Cc3cccnc3)c(=O)c2)c(-c2ccco2)n1. The molecule has 0 fully saturated rings. The van der Waals surface area contributed by atoms with Crippen molar-refractivity contribution in [3.63, 3.8) is 0 Å². The van der Waals surface area contributed by atoms with Crippen molar-refractivity contribution in [1.82, 2.24) is 19.5 Å². The van der Waals surface area contributed by atoms with E-state index in [0.29, 0.717) is 29.1 Å². The van der Waals surface area contributed by atoms with Crippen molar-refractivity contribution in [2.24, 2.45) is 0 Å². The molecule has 4 rings (SSSR count). The minimum Gasteiger partial charge on any atom is -0.463 e. The van der Waals surface area contributed by atoms with E-state index in [4.69, 9.17) is 10.2 Å². The number of nitrogen functional groups attached to an aromatic ring is 1. The van der Waals surface area contributed by atoms with Crippen molar-refractivity contribution in [3.05, 3.63) is 83.4 Å². The van der Waals surface area contributed by atoms with Gasteiger partial charge >= 0.3 is 0 Å². The fraction of sp³-hybridized carbons (Fsp3) is 0.0526. The molecule has 26 heavy (non-hydrogen) atoms. The zero-order valence-corrected chi connectivity index (χ0v) is 13.7. The van der Waals surface area contributed by atoms with Gasteiger partial charge in [0, 0.05) is 36.4 Å². The molecule has 2 N–H and O–H groups in total. The average molecular weight is 345 g/mol. The molecule has 0 saturated carbocycles. The van der Waals surface area contributed by atoms with Gasteiger partial charge in [0.15, 0.2) is 5.76 Å². The van der Waals surface area contributed by atoms with Crippen LogP contribution in [0.2, 0.25) is 0 Å². The molecule has 4 aromatic rings. The van der Waals surface area contributed by atoms with Gasteiger partial charge < -0.3 is 14.7 Å². The Morgan fingerprint density at radius 2 is 2.08 bits per heavy atom. The number of nitrogens with two attached hydrogens (primary N) is 1. The lowest BCUT2D eigenvalue weighted by Crippen LogP contribution is -2.19. The standard InChI is InChI=1S/C19H15N5O2/c20-19-22-11-15(18(23-19)16-4-2-8-26-16)14-5-7-24(17(25)9-14)12-13-3-1-6-21-10-13/h1-11H,12H2,(H2,20,22,23). The zero-order chi connectivity index (χ0) is 17.9. The van der Waals surface area contributed by atoms with Crippen molar-refractivity contribution in [2.45, 2.75) is 6.54 Å². The summed E-state index contributed by atoms with van der Waals surface area (Å²) in [5.74, 6) is 0.707. The lowest BCUT2D eigenvalue weighted by molar-refractivity contribution is 0.580. The molecule has 7 nitrogen and oxygen atoms in total. The van der Waals surface area contributed by atoms with Gasteiger partial charge in [0.05, 0.1) is 12.8 Å². The van der Waals surface area contributed by atoms with Crippen LogP contribution in [0.4, 0.5) is 5.95 Å². The first-order valence-electron chi connectivity index (χ1n) is 7.97. The predicted octanol–water partition coefficient (Wildman–Crippen LogP) is 2.59. The highest BCUT2D eigenvalue weighted by atomic mass is 16.3. The lowest BCUT2D eigenvalue weighted by atomic mass is 10.1. The molecule has 0 saturated heterocycles. The third-order valence-corrected chi connectivity index (χ3v) is 3.94. The molecule has 0 aliphatic carbocycles. The van der Waals surface area contributed by atoms with E-state index >= 15 is 0 Å². The summed E-state index contributed by atoms with van der Waals surface area (Å²) in [5.41, 5.74) is 8.46. The summed E-state index contributed by atoms with van der Waals surface area (Å²) in [4.78, 5) is 24.9. The van der Waals surface area contributed by atoms with Gasteiger partial charge in [-0.25, -0.2) is 9.97 Å². The smallest absolute Gasteiger partial charge is 0.251 e. The third-order valence-electron chi connectivity index (χ3n) is 3.94. The Morgan fingerprint density at radius 3 is 2.81 bits per heavy atom. The first-order valence-corrected chi connectivity index (χ1v) is 7.97. The second-order valence-electron chi connectivity index (χ2n) is 5.71. The lowest BCUT2D eigenvalue weighted by Gasteiger charge is -2.09. The molecule has 4 aromatic heterocycles. The normalized spacial score (nSPS) is 10.8. The van der Waals surface area contributed by atoms with Gasteiger partial charge in [0.2, 0.25) is 5.95 Å². The van der Waals surface area contributed by atoms with Gasteiger partial charge in [-0.05, 0) is 35.4 Å². The first kappa shape index (κ1) is 15.8. The van der Waals surface area contributed by atoms with E-state index in [9.17, 15) is 4.79 Å².